The van der Waals surface area contributed by atoms with E-state index in [0.717, 1.165) is 5.39 Å². The first-order chi connectivity index (χ1) is 13.0. The smallest absolute Gasteiger partial charge is 0.266 e. The van der Waals surface area contributed by atoms with Crippen molar-refractivity contribution in [3.8, 4) is 0 Å². The summed E-state index contributed by atoms with van der Waals surface area (Å²) in [5.74, 6) is -1.40. The molecule has 2 N–H and O–H groups in total. The highest BCUT2D eigenvalue weighted by Gasteiger charge is 2.18. The summed E-state index contributed by atoms with van der Waals surface area (Å²) in [6, 6.07) is 15.5. The molecule has 0 spiro atoms. The van der Waals surface area contributed by atoms with E-state index in [0.29, 0.717) is 26.0 Å². The Kier molecular flexibility index (Phi) is 4.29. The van der Waals surface area contributed by atoms with Crippen LogP contribution in [-0.2, 0) is 0 Å². The van der Waals surface area contributed by atoms with Crippen molar-refractivity contribution in [1.82, 2.24) is 15.8 Å². The molecule has 0 unspecified atom stereocenters. The lowest BCUT2D eigenvalue weighted by Gasteiger charge is -2.07. The summed E-state index contributed by atoms with van der Waals surface area (Å²) >= 11 is 1.18. The molecule has 4 aromatic rings. The number of hydrogen-bond donors (Lipinski definition) is 2. The fourth-order valence-electron chi connectivity index (χ4n) is 2.90. The molecule has 0 aliphatic heterocycles. The van der Waals surface area contributed by atoms with Crippen molar-refractivity contribution in [3.05, 3.63) is 76.5 Å². The average molecular weight is 379 g/mol. The molecule has 0 aliphatic carbocycles. The first-order valence-electron chi connectivity index (χ1n) is 8.18. The number of fused-ring (bicyclic) bond motifs is 2. The summed E-state index contributed by atoms with van der Waals surface area (Å²) < 4.78 is 14.7. The number of aromatic nitrogens is 1. The second-order valence-corrected chi connectivity index (χ2v) is 7.02. The zero-order valence-electron chi connectivity index (χ0n) is 14.2. The molecule has 2 heterocycles. The van der Waals surface area contributed by atoms with Gasteiger partial charge in [0.1, 0.15) is 11.5 Å². The molecule has 7 heteroatoms. The summed E-state index contributed by atoms with van der Waals surface area (Å²) in [4.78, 5) is 29.4. The molecule has 0 radical (unpaired) electrons. The number of carbonyl (C=O) groups excluding carboxylic acids is 2. The molecule has 2 aromatic heterocycles. The van der Waals surface area contributed by atoms with Crippen molar-refractivity contribution in [3.63, 3.8) is 0 Å². The number of aryl methyl sites for hydroxylation is 1. The first-order valence-corrected chi connectivity index (χ1v) is 9.00. The van der Waals surface area contributed by atoms with E-state index in [2.05, 4.69) is 15.8 Å². The van der Waals surface area contributed by atoms with Gasteiger partial charge in [-0.25, -0.2) is 9.37 Å². The maximum Gasteiger partial charge on any atom is 0.288 e. The molecule has 5 nitrogen and oxygen atoms in total. The number of benzene rings is 2. The van der Waals surface area contributed by atoms with E-state index in [9.17, 15) is 14.0 Å². The molecule has 0 fully saturated rings. The van der Waals surface area contributed by atoms with Crippen LogP contribution < -0.4 is 10.9 Å². The third kappa shape index (κ3) is 3.13. The zero-order chi connectivity index (χ0) is 19.0. The normalized spacial score (nSPS) is 10.9. The van der Waals surface area contributed by atoms with Crippen LogP contribution in [0.4, 0.5) is 4.39 Å². The van der Waals surface area contributed by atoms with Crippen LogP contribution in [0, 0.1) is 12.7 Å². The van der Waals surface area contributed by atoms with Gasteiger partial charge in [0.2, 0.25) is 0 Å². The van der Waals surface area contributed by atoms with Crippen LogP contribution in [0.2, 0.25) is 0 Å². The highest BCUT2D eigenvalue weighted by atomic mass is 32.1. The van der Waals surface area contributed by atoms with Gasteiger partial charge in [-0.2, -0.15) is 0 Å². The van der Waals surface area contributed by atoms with Crippen LogP contribution >= 0.6 is 11.3 Å². The molecular formula is C20H14FN3O2S. The SMILES string of the molecule is Cc1c(C(=O)NNC(=O)c2ccc3ccccc3n2)sc2cccc(F)c12. The maximum absolute atomic E-state index is 14.0. The van der Waals surface area contributed by atoms with Crippen molar-refractivity contribution in [2.24, 2.45) is 0 Å². The lowest BCUT2D eigenvalue weighted by atomic mass is 10.1. The Morgan fingerprint density at radius 2 is 1.74 bits per heavy atom. The quantitative estimate of drug-likeness (QED) is 0.518. The van der Waals surface area contributed by atoms with Crippen LogP contribution in [0.25, 0.3) is 21.0 Å². The minimum absolute atomic E-state index is 0.188. The standard InChI is InChI=1S/C20H14FN3O2S/c1-11-17-13(21)6-4-8-16(17)27-18(11)20(26)24-23-19(25)15-10-9-12-5-2-3-7-14(12)22-15/h2-10H,1H3,(H,23,25)(H,24,26). The van der Waals surface area contributed by atoms with Crippen molar-refractivity contribution in [2.45, 2.75) is 6.92 Å². The van der Waals surface area contributed by atoms with Gasteiger partial charge in [0.05, 0.1) is 10.4 Å². The Bertz CT molecular complexity index is 1200. The second-order valence-electron chi connectivity index (χ2n) is 5.97. The third-order valence-corrected chi connectivity index (χ3v) is 5.49. The Labute approximate surface area is 157 Å². The summed E-state index contributed by atoms with van der Waals surface area (Å²) in [5, 5.41) is 1.34. The number of pyridine rings is 1. The average Bonchev–Trinajstić information content (AvgIpc) is 3.03. The monoisotopic (exact) mass is 379 g/mol. The van der Waals surface area contributed by atoms with Gasteiger partial charge >= 0.3 is 0 Å². The minimum atomic E-state index is -0.529. The lowest BCUT2D eigenvalue weighted by Crippen LogP contribution is -2.41. The molecular weight excluding hydrogens is 365 g/mol. The molecule has 27 heavy (non-hydrogen) atoms. The molecule has 2 aromatic carbocycles. The lowest BCUT2D eigenvalue weighted by molar-refractivity contribution is 0.0846. The van der Waals surface area contributed by atoms with Crippen molar-refractivity contribution < 1.29 is 14.0 Å². The van der Waals surface area contributed by atoms with E-state index in [4.69, 9.17) is 0 Å². The van der Waals surface area contributed by atoms with Crippen LogP contribution in [0.1, 0.15) is 25.7 Å². The number of nitrogens with one attached hydrogen (secondary N) is 2. The molecule has 0 saturated heterocycles. The van der Waals surface area contributed by atoms with Crippen LogP contribution in [0.5, 0.6) is 0 Å². The largest absolute Gasteiger partial charge is 0.288 e. The Morgan fingerprint density at radius 3 is 2.56 bits per heavy atom. The first kappa shape index (κ1) is 17.1. The van der Waals surface area contributed by atoms with Gasteiger partial charge in [0.15, 0.2) is 0 Å². The van der Waals surface area contributed by atoms with Crippen molar-refractivity contribution >= 4 is 44.1 Å². The Morgan fingerprint density at radius 1 is 0.963 bits per heavy atom. The fraction of sp³-hybridized carbons (Fsp3) is 0.0500. The van der Waals surface area contributed by atoms with E-state index in [-0.39, 0.29) is 11.5 Å². The molecule has 2 amide bonds. The van der Waals surface area contributed by atoms with E-state index < -0.39 is 11.8 Å². The predicted octanol–water partition coefficient (Wildman–Crippen LogP) is 3.97. The number of para-hydroxylation sites is 1. The molecule has 0 aliphatic rings. The number of halogens is 1. The predicted molar refractivity (Wildman–Crippen MR) is 103 cm³/mol. The van der Waals surface area contributed by atoms with Gasteiger partial charge in [-0.3, -0.25) is 20.4 Å². The Hall–Kier alpha value is -3.32. The highest BCUT2D eigenvalue weighted by molar-refractivity contribution is 7.21. The number of rotatable bonds is 2. The van der Waals surface area contributed by atoms with Gasteiger partial charge < -0.3 is 0 Å². The van der Waals surface area contributed by atoms with Gasteiger partial charge in [-0.05, 0) is 36.8 Å². The molecule has 0 bridgehead atoms. The van der Waals surface area contributed by atoms with Crippen LogP contribution in [0.15, 0.2) is 54.6 Å². The zero-order valence-corrected chi connectivity index (χ0v) is 15.1. The molecule has 0 atom stereocenters. The van der Waals surface area contributed by atoms with E-state index in [1.54, 1.807) is 37.3 Å². The van der Waals surface area contributed by atoms with Crippen LogP contribution in [-0.4, -0.2) is 16.8 Å². The Balaban J connectivity index is 1.52. The number of amides is 2. The van der Waals surface area contributed by atoms with Gasteiger partial charge in [0.25, 0.3) is 11.8 Å². The van der Waals surface area contributed by atoms with Crippen molar-refractivity contribution in [2.75, 3.05) is 0 Å². The third-order valence-electron chi connectivity index (χ3n) is 4.23. The van der Waals surface area contributed by atoms with E-state index in [1.165, 1.54) is 17.4 Å². The number of thiophene rings is 1. The molecule has 4 rings (SSSR count). The fourth-order valence-corrected chi connectivity index (χ4v) is 4.01. The summed E-state index contributed by atoms with van der Waals surface area (Å²) in [6.45, 7) is 1.68. The maximum atomic E-state index is 14.0. The summed E-state index contributed by atoms with van der Waals surface area (Å²) in [6.07, 6.45) is 0. The van der Waals surface area contributed by atoms with E-state index in [1.807, 2.05) is 18.2 Å². The number of hydrazine groups is 1. The minimum Gasteiger partial charge on any atom is -0.266 e. The van der Waals surface area contributed by atoms with Crippen molar-refractivity contribution in [1.29, 1.82) is 0 Å². The molecule has 134 valence electrons. The van der Waals surface area contributed by atoms with E-state index >= 15 is 0 Å². The topological polar surface area (TPSA) is 71.1 Å². The number of carbonyl (C=O) groups is 2. The number of nitrogens with zero attached hydrogens (tertiary/aromatic N) is 1. The van der Waals surface area contributed by atoms with Gasteiger partial charge in [-0.1, -0.05) is 30.3 Å². The molecule has 0 saturated carbocycles. The summed E-state index contributed by atoms with van der Waals surface area (Å²) in [7, 11) is 0. The van der Waals surface area contributed by atoms with Crippen LogP contribution in [0.3, 0.4) is 0 Å². The van der Waals surface area contributed by atoms with Gasteiger partial charge in [0, 0.05) is 15.5 Å². The highest BCUT2D eigenvalue weighted by Crippen LogP contribution is 2.32. The number of hydrogen-bond acceptors (Lipinski definition) is 4. The second kappa shape index (κ2) is 6.77. The van der Waals surface area contributed by atoms with Gasteiger partial charge in [-0.15, -0.1) is 11.3 Å². The summed E-state index contributed by atoms with van der Waals surface area (Å²) in [5.41, 5.74) is 6.16.